The van der Waals surface area contributed by atoms with Crippen molar-refractivity contribution in [3.8, 4) is 11.5 Å². The second kappa shape index (κ2) is 9.57. The van der Waals surface area contributed by atoms with Gasteiger partial charge in [-0.2, -0.15) is 0 Å². The number of fused-ring (bicyclic) bond motifs is 1. The van der Waals surface area contributed by atoms with Crippen molar-refractivity contribution in [3.63, 3.8) is 0 Å². The molecule has 0 saturated carbocycles. The summed E-state index contributed by atoms with van der Waals surface area (Å²) in [5.41, 5.74) is 3.23. The minimum absolute atomic E-state index is 0.128. The van der Waals surface area contributed by atoms with Gasteiger partial charge in [0.2, 0.25) is 0 Å². The lowest BCUT2D eigenvalue weighted by molar-refractivity contribution is 0.0734. The Labute approximate surface area is 192 Å². The number of ketones is 1. The molecule has 4 aromatic rings. The Kier molecular flexibility index (Phi) is 6.41. The molecule has 166 valence electrons. The van der Waals surface area contributed by atoms with Crippen LogP contribution < -0.4 is 9.47 Å². The van der Waals surface area contributed by atoms with Crippen LogP contribution in [0.4, 0.5) is 0 Å². The first-order chi connectivity index (χ1) is 16.0. The Morgan fingerprint density at radius 3 is 2.48 bits per heavy atom. The Bertz CT molecular complexity index is 1340. The smallest absolute Gasteiger partial charge is 0.347 e. The fraction of sp³-hybridized carbons (Fsp3) is 0.143. The quantitative estimate of drug-likeness (QED) is 0.141. The number of ether oxygens (including phenoxy) is 2. The summed E-state index contributed by atoms with van der Waals surface area (Å²) in [5, 5.41) is 0.631. The topological polar surface area (TPSA) is 65.7 Å². The van der Waals surface area contributed by atoms with E-state index in [4.69, 9.17) is 13.9 Å². The molecular weight excluding hydrogens is 416 g/mol. The number of carbonyl (C=O) groups excluding carboxylic acids is 2. The molecule has 0 aliphatic heterocycles. The number of furan rings is 1. The monoisotopic (exact) mass is 440 g/mol. The van der Waals surface area contributed by atoms with Gasteiger partial charge in [-0.05, 0) is 57.2 Å². The third-order valence-corrected chi connectivity index (χ3v) is 5.22. The molecule has 5 nitrogen and oxygen atoms in total. The van der Waals surface area contributed by atoms with Crippen LogP contribution in [0.25, 0.3) is 17.0 Å². The number of carbonyl (C=O) groups is 2. The average Bonchev–Trinajstić information content (AvgIpc) is 3.14. The molecule has 0 spiro atoms. The van der Waals surface area contributed by atoms with Crippen molar-refractivity contribution in [2.75, 3.05) is 6.61 Å². The highest BCUT2D eigenvalue weighted by Crippen LogP contribution is 2.31. The van der Waals surface area contributed by atoms with Crippen molar-refractivity contribution < 1.29 is 23.5 Å². The number of hydrogen-bond donors (Lipinski definition) is 0. The highest BCUT2D eigenvalue weighted by molar-refractivity contribution is 6.07. The first kappa shape index (κ1) is 22.1. The second-order valence-electron chi connectivity index (χ2n) is 7.62. The maximum Gasteiger partial charge on any atom is 0.347 e. The molecule has 4 rings (SSSR count). The molecule has 0 bridgehead atoms. The van der Waals surface area contributed by atoms with Crippen LogP contribution >= 0.6 is 0 Å². The zero-order valence-corrected chi connectivity index (χ0v) is 18.8. The van der Waals surface area contributed by atoms with Crippen molar-refractivity contribution in [3.05, 3.63) is 101 Å². The standard InChI is InChI=1S/C28H24O5/c1-4-31-22-14-16-26-23(17-22)27(19(3)32-26)28(30)33-25-8-6-5-7-21(25)13-15-24(29)20-11-9-18(2)10-12-20/h5-17H,4H2,1-3H3/b15-13+. The Morgan fingerprint density at radius 2 is 1.73 bits per heavy atom. The third kappa shape index (κ3) is 4.88. The van der Waals surface area contributed by atoms with Crippen LogP contribution in [0.2, 0.25) is 0 Å². The van der Waals surface area contributed by atoms with Crippen molar-refractivity contribution in [2.24, 2.45) is 0 Å². The molecule has 1 aromatic heterocycles. The van der Waals surface area contributed by atoms with E-state index < -0.39 is 5.97 Å². The van der Waals surface area contributed by atoms with Crippen LogP contribution in [0.1, 0.15) is 44.5 Å². The van der Waals surface area contributed by atoms with Crippen molar-refractivity contribution in [2.45, 2.75) is 20.8 Å². The van der Waals surface area contributed by atoms with Gasteiger partial charge in [0.05, 0.1) is 6.61 Å². The van der Waals surface area contributed by atoms with Gasteiger partial charge >= 0.3 is 5.97 Å². The molecule has 5 heteroatoms. The summed E-state index contributed by atoms with van der Waals surface area (Å²) in [5.74, 6) is 0.802. The average molecular weight is 440 g/mol. The molecule has 1 heterocycles. The van der Waals surface area contributed by atoms with E-state index in [0.29, 0.717) is 51.5 Å². The molecule has 33 heavy (non-hydrogen) atoms. The number of allylic oxidation sites excluding steroid dienone is 1. The summed E-state index contributed by atoms with van der Waals surface area (Å²) in [6.45, 7) is 6.11. The summed E-state index contributed by atoms with van der Waals surface area (Å²) in [6, 6.07) is 19.8. The molecule has 0 radical (unpaired) electrons. The first-order valence-corrected chi connectivity index (χ1v) is 10.7. The van der Waals surface area contributed by atoms with E-state index in [1.165, 1.54) is 6.08 Å². The molecule has 0 N–H and O–H groups in total. The zero-order valence-electron chi connectivity index (χ0n) is 18.8. The second-order valence-corrected chi connectivity index (χ2v) is 7.62. The van der Waals surface area contributed by atoms with Gasteiger partial charge in [-0.25, -0.2) is 4.79 Å². The number of esters is 1. The van der Waals surface area contributed by atoms with Gasteiger partial charge in [-0.3, -0.25) is 4.79 Å². The predicted molar refractivity (Wildman–Crippen MR) is 128 cm³/mol. The number of para-hydroxylation sites is 1. The maximum absolute atomic E-state index is 13.1. The maximum atomic E-state index is 13.1. The van der Waals surface area contributed by atoms with E-state index in [-0.39, 0.29) is 5.78 Å². The van der Waals surface area contributed by atoms with Gasteiger partial charge < -0.3 is 13.9 Å². The van der Waals surface area contributed by atoms with E-state index in [0.717, 1.165) is 5.56 Å². The molecule has 0 unspecified atom stereocenters. The highest BCUT2D eigenvalue weighted by atomic mass is 16.5. The van der Waals surface area contributed by atoms with Gasteiger partial charge in [0.15, 0.2) is 5.78 Å². The van der Waals surface area contributed by atoms with E-state index in [9.17, 15) is 9.59 Å². The van der Waals surface area contributed by atoms with Crippen LogP contribution in [-0.4, -0.2) is 18.4 Å². The summed E-state index contributed by atoms with van der Waals surface area (Å²) in [7, 11) is 0. The largest absolute Gasteiger partial charge is 0.494 e. The third-order valence-electron chi connectivity index (χ3n) is 5.22. The molecule has 0 aliphatic rings. The number of hydrogen-bond acceptors (Lipinski definition) is 5. The molecule has 0 fully saturated rings. The van der Waals surface area contributed by atoms with Crippen molar-refractivity contribution in [1.82, 2.24) is 0 Å². The molecule has 3 aromatic carbocycles. The minimum atomic E-state index is -0.536. The lowest BCUT2D eigenvalue weighted by atomic mass is 10.1. The van der Waals surface area contributed by atoms with Crippen LogP contribution in [-0.2, 0) is 0 Å². The Morgan fingerprint density at radius 1 is 0.970 bits per heavy atom. The van der Waals surface area contributed by atoms with Gasteiger partial charge in [-0.1, -0.05) is 48.0 Å². The normalized spacial score (nSPS) is 11.1. The summed E-state index contributed by atoms with van der Waals surface area (Å²) >= 11 is 0. The number of benzene rings is 3. The predicted octanol–water partition coefficient (Wildman–Crippen LogP) is 6.56. The SMILES string of the molecule is CCOc1ccc2oc(C)c(C(=O)Oc3ccccc3/C=C/C(=O)c3ccc(C)cc3)c2c1. The van der Waals surface area contributed by atoms with E-state index in [1.54, 1.807) is 61.5 Å². The van der Waals surface area contributed by atoms with Gasteiger partial charge in [0.25, 0.3) is 0 Å². The molecule has 0 aliphatic carbocycles. The van der Waals surface area contributed by atoms with Gasteiger partial charge in [0.1, 0.15) is 28.4 Å². The van der Waals surface area contributed by atoms with Crippen LogP contribution in [0.5, 0.6) is 11.5 Å². The summed E-state index contributed by atoms with van der Waals surface area (Å²) in [6.07, 6.45) is 3.13. The minimum Gasteiger partial charge on any atom is -0.494 e. The fourth-order valence-electron chi connectivity index (χ4n) is 3.55. The summed E-state index contributed by atoms with van der Waals surface area (Å²) < 4.78 is 17.0. The molecule has 0 amide bonds. The first-order valence-electron chi connectivity index (χ1n) is 10.7. The van der Waals surface area contributed by atoms with Gasteiger partial charge in [-0.15, -0.1) is 0 Å². The lowest BCUT2D eigenvalue weighted by Crippen LogP contribution is -2.10. The van der Waals surface area contributed by atoms with Crippen molar-refractivity contribution in [1.29, 1.82) is 0 Å². The highest BCUT2D eigenvalue weighted by Gasteiger charge is 2.21. The van der Waals surface area contributed by atoms with Crippen LogP contribution in [0, 0.1) is 13.8 Å². The fourth-order valence-corrected chi connectivity index (χ4v) is 3.55. The zero-order chi connectivity index (χ0) is 23.4. The molecular formula is C28H24O5. The Hall–Kier alpha value is -4.12. The molecule has 0 atom stereocenters. The molecule has 0 saturated heterocycles. The van der Waals surface area contributed by atoms with Gasteiger partial charge in [0, 0.05) is 16.5 Å². The van der Waals surface area contributed by atoms with E-state index in [2.05, 4.69) is 0 Å². The lowest BCUT2D eigenvalue weighted by Gasteiger charge is -2.08. The van der Waals surface area contributed by atoms with Crippen LogP contribution in [0.3, 0.4) is 0 Å². The van der Waals surface area contributed by atoms with E-state index >= 15 is 0 Å². The van der Waals surface area contributed by atoms with Crippen molar-refractivity contribution >= 4 is 28.8 Å². The van der Waals surface area contributed by atoms with Crippen LogP contribution in [0.15, 0.2) is 77.2 Å². The summed E-state index contributed by atoms with van der Waals surface area (Å²) in [4.78, 5) is 25.6. The number of rotatable bonds is 7. The number of aryl methyl sites for hydroxylation is 2. The Balaban J connectivity index is 1.60. The van der Waals surface area contributed by atoms with E-state index in [1.807, 2.05) is 32.0 Å².